The van der Waals surface area contributed by atoms with Gasteiger partial charge in [0.1, 0.15) is 12.5 Å². The van der Waals surface area contributed by atoms with Gasteiger partial charge in [0.2, 0.25) is 6.29 Å². The summed E-state index contributed by atoms with van der Waals surface area (Å²) in [6, 6.07) is 0. The molecule has 0 unspecified atom stereocenters. The Balaban J connectivity index is 2.08. The van der Waals surface area contributed by atoms with Crippen LogP contribution in [0.15, 0.2) is 36.8 Å². The normalized spacial score (nSPS) is 17.4. The van der Waals surface area contributed by atoms with Gasteiger partial charge in [-0.15, -0.1) is 0 Å². The Kier molecular flexibility index (Phi) is 4.06. The highest BCUT2D eigenvalue weighted by atomic mass is 16.7. The average molecular weight is 166 g/mol. The molecule has 66 valence electrons. The summed E-state index contributed by atoms with van der Waals surface area (Å²) < 4.78 is 10.2. The quantitative estimate of drug-likeness (QED) is 0.598. The lowest BCUT2D eigenvalue weighted by molar-refractivity contribution is -0.0188. The van der Waals surface area contributed by atoms with Crippen LogP contribution in [-0.2, 0) is 9.47 Å². The molecule has 0 amide bonds. The van der Waals surface area contributed by atoms with Crippen molar-refractivity contribution in [3.8, 4) is 0 Å². The molecule has 0 spiro atoms. The van der Waals surface area contributed by atoms with E-state index in [1.54, 1.807) is 12.5 Å². The highest BCUT2D eigenvalue weighted by Crippen LogP contribution is 2.09. The van der Waals surface area contributed by atoms with E-state index in [1.807, 2.05) is 18.2 Å². The zero-order valence-corrected chi connectivity index (χ0v) is 7.27. The van der Waals surface area contributed by atoms with Gasteiger partial charge in [-0.05, 0) is 6.42 Å². The molecule has 0 radical (unpaired) electrons. The van der Waals surface area contributed by atoms with E-state index in [2.05, 4.69) is 13.0 Å². The number of hydrogen-bond acceptors (Lipinski definition) is 2. The van der Waals surface area contributed by atoms with Gasteiger partial charge in [0.25, 0.3) is 0 Å². The van der Waals surface area contributed by atoms with Crippen molar-refractivity contribution in [1.82, 2.24) is 0 Å². The molecule has 1 rings (SSSR count). The zero-order chi connectivity index (χ0) is 8.65. The van der Waals surface area contributed by atoms with Gasteiger partial charge in [-0.3, -0.25) is 0 Å². The third-order valence-corrected chi connectivity index (χ3v) is 1.46. The second-order valence-electron chi connectivity index (χ2n) is 2.47. The molecule has 0 fully saturated rings. The van der Waals surface area contributed by atoms with Gasteiger partial charge >= 0.3 is 0 Å². The predicted molar refractivity (Wildman–Crippen MR) is 48.3 cm³/mol. The maximum absolute atomic E-state index is 5.08. The zero-order valence-electron chi connectivity index (χ0n) is 7.27. The molecule has 1 aliphatic heterocycles. The first-order chi connectivity index (χ1) is 5.93. The van der Waals surface area contributed by atoms with Crippen molar-refractivity contribution in [1.29, 1.82) is 0 Å². The topological polar surface area (TPSA) is 18.5 Å². The van der Waals surface area contributed by atoms with Gasteiger partial charge < -0.3 is 9.47 Å². The Morgan fingerprint density at radius 2 is 1.83 bits per heavy atom. The van der Waals surface area contributed by atoms with E-state index < -0.39 is 0 Å². The lowest BCUT2D eigenvalue weighted by Gasteiger charge is -2.05. The fourth-order valence-corrected chi connectivity index (χ4v) is 0.865. The van der Waals surface area contributed by atoms with Crippen LogP contribution in [0.5, 0.6) is 0 Å². The van der Waals surface area contributed by atoms with Crippen LogP contribution >= 0.6 is 0 Å². The van der Waals surface area contributed by atoms with E-state index in [0.717, 1.165) is 12.8 Å². The van der Waals surface area contributed by atoms with E-state index in [4.69, 9.17) is 9.47 Å². The molecular formula is C10H14O2. The highest BCUT2D eigenvalue weighted by molar-refractivity contribution is 5.02. The second-order valence-corrected chi connectivity index (χ2v) is 2.47. The highest BCUT2D eigenvalue weighted by Gasteiger charge is 2.08. The van der Waals surface area contributed by atoms with Crippen LogP contribution in [0.3, 0.4) is 0 Å². The molecule has 0 aromatic rings. The van der Waals surface area contributed by atoms with E-state index in [-0.39, 0.29) is 6.29 Å². The maximum atomic E-state index is 5.08. The first-order valence-corrected chi connectivity index (χ1v) is 4.21. The smallest absolute Gasteiger partial charge is 0.243 e. The predicted octanol–water partition coefficient (Wildman–Crippen LogP) is 2.74. The van der Waals surface area contributed by atoms with Crippen LogP contribution in [0, 0.1) is 0 Å². The Hall–Kier alpha value is -1.18. The van der Waals surface area contributed by atoms with E-state index >= 15 is 0 Å². The van der Waals surface area contributed by atoms with Gasteiger partial charge in [0.15, 0.2) is 0 Å². The fraction of sp³-hybridized carbons (Fsp3) is 0.400. The largest absolute Gasteiger partial charge is 0.459 e. The summed E-state index contributed by atoms with van der Waals surface area (Å²) in [5, 5.41) is 0. The summed E-state index contributed by atoms with van der Waals surface area (Å²) in [7, 11) is 0. The molecule has 2 nitrogen and oxygen atoms in total. The summed E-state index contributed by atoms with van der Waals surface area (Å²) in [6.07, 6.45) is 13.1. The van der Waals surface area contributed by atoms with Crippen LogP contribution in [0.25, 0.3) is 0 Å². The molecule has 0 aliphatic carbocycles. The summed E-state index contributed by atoms with van der Waals surface area (Å²) >= 11 is 0. The van der Waals surface area contributed by atoms with Crippen molar-refractivity contribution in [2.75, 3.05) is 0 Å². The standard InChI is InChI=1S/C10H14O2/c1-2-3-4-5-6-7-10-11-8-9-12-10/h3-6,8-10H,2,7H2,1H3. The lowest BCUT2D eigenvalue weighted by Crippen LogP contribution is -2.04. The molecular weight excluding hydrogens is 152 g/mol. The molecule has 0 saturated carbocycles. The molecule has 0 aromatic carbocycles. The summed E-state index contributed by atoms with van der Waals surface area (Å²) in [6.45, 7) is 2.11. The van der Waals surface area contributed by atoms with Crippen LogP contribution in [0.2, 0.25) is 0 Å². The number of hydrogen-bond donors (Lipinski definition) is 0. The maximum Gasteiger partial charge on any atom is 0.243 e. The third kappa shape index (κ3) is 3.28. The molecule has 0 N–H and O–H groups in total. The van der Waals surface area contributed by atoms with E-state index in [1.165, 1.54) is 0 Å². The summed E-state index contributed by atoms with van der Waals surface area (Å²) in [5.74, 6) is 0. The number of allylic oxidation sites excluding steroid dienone is 3. The molecule has 0 aromatic heterocycles. The van der Waals surface area contributed by atoms with E-state index in [0.29, 0.717) is 0 Å². The van der Waals surface area contributed by atoms with Crippen molar-refractivity contribution in [3.63, 3.8) is 0 Å². The van der Waals surface area contributed by atoms with Gasteiger partial charge in [-0.25, -0.2) is 0 Å². The first kappa shape index (κ1) is 8.91. The Labute approximate surface area is 73.2 Å². The van der Waals surface area contributed by atoms with Crippen LogP contribution in [0.1, 0.15) is 19.8 Å². The van der Waals surface area contributed by atoms with Crippen molar-refractivity contribution in [3.05, 3.63) is 36.8 Å². The Morgan fingerprint density at radius 3 is 2.50 bits per heavy atom. The number of rotatable bonds is 4. The van der Waals surface area contributed by atoms with E-state index in [9.17, 15) is 0 Å². The Bertz CT molecular complexity index is 184. The summed E-state index contributed by atoms with van der Waals surface area (Å²) in [4.78, 5) is 0. The van der Waals surface area contributed by atoms with Gasteiger partial charge in [0.05, 0.1) is 0 Å². The third-order valence-electron chi connectivity index (χ3n) is 1.46. The fourth-order valence-electron chi connectivity index (χ4n) is 0.865. The van der Waals surface area contributed by atoms with Crippen molar-refractivity contribution in [2.24, 2.45) is 0 Å². The molecule has 0 bridgehead atoms. The molecule has 12 heavy (non-hydrogen) atoms. The van der Waals surface area contributed by atoms with Crippen LogP contribution < -0.4 is 0 Å². The molecule has 1 heterocycles. The molecule has 2 heteroatoms. The van der Waals surface area contributed by atoms with Crippen molar-refractivity contribution in [2.45, 2.75) is 26.1 Å². The molecule has 0 saturated heterocycles. The number of ether oxygens (including phenoxy) is 2. The van der Waals surface area contributed by atoms with Gasteiger partial charge in [0, 0.05) is 6.42 Å². The SMILES string of the molecule is CCC=CC=CCC1OC=CO1. The average Bonchev–Trinajstić information content (AvgIpc) is 2.57. The monoisotopic (exact) mass is 166 g/mol. The first-order valence-electron chi connectivity index (χ1n) is 4.21. The van der Waals surface area contributed by atoms with Crippen molar-refractivity contribution < 1.29 is 9.47 Å². The molecule has 1 aliphatic rings. The minimum absolute atomic E-state index is 0.115. The summed E-state index contributed by atoms with van der Waals surface area (Å²) in [5.41, 5.74) is 0. The van der Waals surface area contributed by atoms with Crippen LogP contribution in [0.4, 0.5) is 0 Å². The second kappa shape index (κ2) is 5.47. The van der Waals surface area contributed by atoms with Crippen molar-refractivity contribution >= 4 is 0 Å². The van der Waals surface area contributed by atoms with Gasteiger partial charge in [-0.2, -0.15) is 0 Å². The minimum atomic E-state index is -0.115. The minimum Gasteiger partial charge on any atom is -0.459 e. The Morgan fingerprint density at radius 1 is 1.17 bits per heavy atom. The van der Waals surface area contributed by atoms with Gasteiger partial charge in [-0.1, -0.05) is 31.2 Å². The van der Waals surface area contributed by atoms with Crippen LogP contribution in [-0.4, -0.2) is 6.29 Å². The lowest BCUT2D eigenvalue weighted by atomic mass is 10.3. The molecule has 0 atom stereocenters.